The lowest BCUT2D eigenvalue weighted by atomic mass is 10.2. The number of nitrogens with one attached hydrogen (secondary N) is 1. The van der Waals surface area contributed by atoms with Crippen molar-refractivity contribution in [2.24, 2.45) is 0 Å². The largest absolute Gasteiger partial charge is 0.478 e. The van der Waals surface area contributed by atoms with Crippen LogP contribution in [0.5, 0.6) is 5.88 Å². The Morgan fingerprint density at radius 2 is 2.11 bits per heavy atom. The molecule has 108 valence electrons. The van der Waals surface area contributed by atoms with E-state index in [-0.39, 0.29) is 5.60 Å². The van der Waals surface area contributed by atoms with Crippen LogP contribution in [0.15, 0.2) is 18.3 Å². The van der Waals surface area contributed by atoms with Crippen LogP contribution in [0.25, 0.3) is 0 Å². The van der Waals surface area contributed by atoms with Gasteiger partial charge >= 0.3 is 0 Å². The summed E-state index contributed by atoms with van der Waals surface area (Å²) < 4.78 is 10.8. The van der Waals surface area contributed by atoms with Crippen LogP contribution < -0.4 is 10.1 Å². The molecule has 0 fully saturated rings. The molecule has 1 aromatic heterocycles. The van der Waals surface area contributed by atoms with Gasteiger partial charge in [-0.2, -0.15) is 0 Å². The standard InChI is InChI=1S/C14H24N2O3/c1-5-18-13-7-6-11(8-16-13)15-9-12(17)10-19-14(2,3)4/h6-8,12,15,17H,5,9-10H2,1-4H3. The molecule has 1 unspecified atom stereocenters. The normalized spacial score (nSPS) is 13.1. The Bertz CT molecular complexity index is 360. The van der Waals surface area contributed by atoms with E-state index >= 15 is 0 Å². The van der Waals surface area contributed by atoms with Crippen LogP contribution in [0.1, 0.15) is 27.7 Å². The van der Waals surface area contributed by atoms with E-state index in [2.05, 4.69) is 10.3 Å². The fourth-order valence-corrected chi connectivity index (χ4v) is 1.36. The molecule has 0 spiro atoms. The number of hydrogen-bond donors (Lipinski definition) is 2. The maximum Gasteiger partial charge on any atom is 0.213 e. The van der Waals surface area contributed by atoms with Crippen molar-refractivity contribution >= 4 is 5.69 Å². The summed E-state index contributed by atoms with van der Waals surface area (Å²) in [5, 5.41) is 12.9. The van der Waals surface area contributed by atoms with Crippen LogP contribution in [0.2, 0.25) is 0 Å². The van der Waals surface area contributed by atoms with Crippen LogP contribution in [0.3, 0.4) is 0 Å². The fourth-order valence-electron chi connectivity index (χ4n) is 1.36. The van der Waals surface area contributed by atoms with Crippen molar-refractivity contribution in [3.63, 3.8) is 0 Å². The van der Waals surface area contributed by atoms with Crippen molar-refractivity contribution in [1.82, 2.24) is 4.98 Å². The lowest BCUT2D eigenvalue weighted by Crippen LogP contribution is -2.30. The van der Waals surface area contributed by atoms with Crippen LogP contribution in [-0.2, 0) is 4.74 Å². The second-order valence-corrected chi connectivity index (χ2v) is 5.28. The first kappa shape index (κ1) is 15.7. The Balaban J connectivity index is 2.31. The highest BCUT2D eigenvalue weighted by atomic mass is 16.5. The van der Waals surface area contributed by atoms with Gasteiger partial charge in [0.15, 0.2) is 0 Å². The minimum atomic E-state index is -0.550. The number of aliphatic hydroxyl groups is 1. The number of hydrogen-bond acceptors (Lipinski definition) is 5. The third-order valence-electron chi connectivity index (χ3n) is 2.28. The number of rotatable bonds is 7. The minimum Gasteiger partial charge on any atom is -0.478 e. The van der Waals surface area contributed by atoms with Gasteiger partial charge < -0.3 is 19.9 Å². The molecule has 0 aliphatic heterocycles. The van der Waals surface area contributed by atoms with E-state index in [1.165, 1.54) is 0 Å². The molecule has 0 saturated heterocycles. The first-order valence-corrected chi connectivity index (χ1v) is 6.55. The summed E-state index contributed by atoms with van der Waals surface area (Å²) in [6.07, 6.45) is 1.13. The van der Waals surface area contributed by atoms with Gasteiger partial charge in [-0.3, -0.25) is 0 Å². The molecule has 0 bridgehead atoms. The third kappa shape index (κ3) is 6.98. The maximum absolute atomic E-state index is 9.78. The molecule has 19 heavy (non-hydrogen) atoms. The first-order valence-electron chi connectivity index (χ1n) is 6.55. The highest BCUT2D eigenvalue weighted by molar-refractivity contribution is 5.42. The molecule has 0 aliphatic rings. The molecule has 5 nitrogen and oxygen atoms in total. The van der Waals surface area contributed by atoms with Crippen molar-refractivity contribution in [3.05, 3.63) is 18.3 Å². The summed E-state index contributed by atoms with van der Waals surface area (Å²) >= 11 is 0. The third-order valence-corrected chi connectivity index (χ3v) is 2.28. The Morgan fingerprint density at radius 3 is 2.63 bits per heavy atom. The zero-order valence-electron chi connectivity index (χ0n) is 12.1. The highest BCUT2D eigenvalue weighted by Gasteiger charge is 2.13. The number of nitrogens with zero attached hydrogens (tertiary/aromatic N) is 1. The SMILES string of the molecule is CCOc1ccc(NCC(O)COC(C)(C)C)cn1. The molecule has 0 saturated carbocycles. The van der Waals surface area contributed by atoms with Gasteiger partial charge in [-0.25, -0.2) is 4.98 Å². The predicted octanol–water partition coefficient (Wildman–Crippen LogP) is 2.07. The average Bonchev–Trinajstić information content (AvgIpc) is 2.35. The monoisotopic (exact) mass is 268 g/mol. The topological polar surface area (TPSA) is 63.6 Å². The van der Waals surface area contributed by atoms with Crippen LogP contribution in [-0.4, -0.2) is 41.6 Å². The van der Waals surface area contributed by atoms with Crippen molar-refractivity contribution in [2.45, 2.75) is 39.4 Å². The minimum absolute atomic E-state index is 0.234. The maximum atomic E-state index is 9.78. The fraction of sp³-hybridized carbons (Fsp3) is 0.643. The summed E-state index contributed by atoms with van der Waals surface area (Å²) in [7, 11) is 0. The summed E-state index contributed by atoms with van der Waals surface area (Å²) in [6, 6.07) is 3.67. The van der Waals surface area contributed by atoms with Crippen LogP contribution >= 0.6 is 0 Å². The van der Waals surface area contributed by atoms with E-state index in [4.69, 9.17) is 9.47 Å². The van der Waals surface area contributed by atoms with Gasteiger partial charge in [0, 0.05) is 12.6 Å². The highest BCUT2D eigenvalue weighted by Crippen LogP contribution is 2.12. The van der Waals surface area contributed by atoms with Crippen molar-refractivity contribution in [1.29, 1.82) is 0 Å². The molecule has 0 amide bonds. The second-order valence-electron chi connectivity index (χ2n) is 5.28. The van der Waals surface area contributed by atoms with E-state index in [1.54, 1.807) is 12.3 Å². The molecule has 1 atom stereocenters. The zero-order chi connectivity index (χ0) is 14.3. The number of anilines is 1. The molecule has 2 N–H and O–H groups in total. The molecular formula is C14H24N2O3. The van der Waals surface area contributed by atoms with Crippen LogP contribution in [0, 0.1) is 0 Å². The first-order chi connectivity index (χ1) is 8.90. The van der Waals surface area contributed by atoms with Gasteiger partial charge in [-0.15, -0.1) is 0 Å². The molecule has 5 heteroatoms. The number of aliphatic hydroxyl groups excluding tert-OH is 1. The summed E-state index contributed by atoms with van der Waals surface area (Å²) in [5.41, 5.74) is 0.611. The van der Waals surface area contributed by atoms with E-state index < -0.39 is 6.10 Å². The molecular weight excluding hydrogens is 244 g/mol. The Morgan fingerprint density at radius 1 is 1.37 bits per heavy atom. The lowest BCUT2D eigenvalue weighted by Gasteiger charge is -2.22. The number of pyridine rings is 1. The van der Waals surface area contributed by atoms with E-state index in [0.29, 0.717) is 25.6 Å². The van der Waals surface area contributed by atoms with E-state index in [0.717, 1.165) is 5.69 Å². The summed E-state index contributed by atoms with van der Waals surface area (Å²) in [6.45, 7) is 9.13. The molecule has 1 rings (SSSR count). The van der Waals surface area contributed by atoms with Gasteiger partial charge in [0.2, 0.25) is 5.88 Å². The van der Waals surface area contributed by atoms with Gasteiger partial charge in [0.05, 0.1) is 36.8 Å². The van der Waals surface area contributed by atoms with Gasteiger partial charge in [-0.1, -0.05) is 0 Å². The smallest absolute Gasteiger partial charge is 0.213 e. The summed E-state index contributed by atoms with van der Waals surface area (Å²) in [5.74, 6) is 0.602. The zero-order valence-corrected chi connectivity index (χ0v) is 12.1. The predicted molar refractivity (Wildman–Crippen MR) is 75.6 cm³/mol. The van der Waals surface area contributed by atoms with Crippen LogP contribution in [0.4, 0.5) is 5.69 Å². The second kappa shape index (κ2) is 7.31. The lowest BCUT2D eigenvalue weighted by molar-refractivity contribution is -0.0449. The molecule has 0 aromatic carbocycles. The quantitative estimate of drug-likeness (QED) is 0.792. The van der Waals surface area contributed by atoms with E-state index in [9.17, 15) is 5.11 Å². The van der Waals surface area contributed by atoms with Gasteiger partial charge in [-0.05, 0) is 33.8 Å². The van der Waals surface area contributed by atoms with Crippen molar-refractivity contribution in [3.8, 4) is 5.88 Å². The van der Waals surface area contributed by atoms with Gasteiger partial charge in [0.25, 0.3) is 0 Å². The number of aromatic nitrogens is 1. The molecule has 0 radical (unpaired) electrons. The number of ether oxygens (including phenoxy) is 2. The Labute approximate surface area is 115 Å². The molecule has 1 aromatic rings. The van der Waals surface area contributed by atoms with Gasteiger partial charge in [0.1, 0.15) is 0 Å². The Hall–Kier alpha value is -1.33. The van der Waals surface area contributed by atoms with Crippen molar-refractivity contribution < 1.29 is 14.6 Å². The Kier molecular flexibility index (Phi) is 6.05. The summed E-state index contributed by atoms with van der Waals surface area (Å²) in [4.78, 5) is 4.13. The van der Waals surface area contributed by atoms with E-state index in [1.807, 2.05) is 33.8 Å². The molecule has 1 heterocycles. The molecule has 0 aliphatic carbocycles. The van der Waals surface area contributed by atoms with Crippen molar-refractivity contribution in [2.75, 3.05) is 25.1 Å². The average molecular weight is 268 g/mol.